The van der Waals surface area contributed by atoms with Crippen LogP contribution >= 0.6 is 11.8 Å². The number of amides is 1. The lowest BCUT2D eigenvalue weighted by Gasteiger charge is -2.10. The number of hydrogen-bond acceptors (Lipinski definition) is 7. The van der Waals surface area contributed by atoms with Crippen molar-refractivity contribution in [3.05, 3.63) is 58.1 Å². The number of H-pyrrole nitrogens is 1. The number of nitro benzene ring substituents is 1. The van der Waals surface area contributed by atoms with E-state index in [0.717, 1.165) is 11.3 Å². The molecule has 0 saturated heterocycles. The Morgan fingerprint density at radius 3 is 2.66 bits per heavy atom. The Balaban J connectivity index is 1.65. The van der Waals surface area contributed by atoms with Gasteiger partial charge in [0.15, 0.2) is 5.82 Å². The summed E-state index contributed by atoms with van der Waals surface area (Å²) < 4.78 is 5.13. The van der Waals surface area contributed by atoms with E-state index in [2.05, 4.69) is 20.5 Å². The molecule has 1 unspecified atom stereocenters. The molecule has 0 aliphatic rings. The van der Waals surface area contributed by atoms with E-state index in [0.29, 0.717) is 22.2 Å². The van der Waals surface area contributed by atoms with Gasteiger partial charge in [0, 0.05) is 22.9 Å². The summed E-state index contributed by atoms with van der Waals surface area (Å²) in [5, 5.41) is 20.7. The lowest BCUT2D eigenvalue weighted by atomic mass is 10.2. The maximum atomic E-state index is 12.4. The first-order valence-corrected chi connectivity index (χ1v) is 9.54. The van der Waals surface area contributed by atoms with Crippen LogP contribution in [0.2, 0.25) is 0 Å². The van der Waals surface area contributed by atoms with Crippen LogP contribution in [-0.4, -0.2) is 38.4 Å². The molecule has 0 aliphatic carbocycles. The van der Waals surface area contributed by atoms with Crippen LogP contribution in [0.3, 0.4) is 0 Å². The highest BCUT2D eigenvalue weighted by molar-refractivity contribution is 8.00. The molecule has 150 valence electrons. The zero-order valence-electron chi connectivity index (χ0n) is 16.0. The molecular formula is C19H19N5O4S. The number of aryl methyl sites for hydroxylation is 1. The van der Waals surface area contributed by atoms with Crippen molar-refractivity contribution < 1.29 is 14.5 Å². The number of anilines is 1. The van der Waals surface area contributed by atoms with Crippen LogP contribution in [-0.2, 0) is 4.79 Å². The van der Waals surface area contributed by atoms with Crippen molar-refractivity contribution in [2.75, 3.05) is 12.4 Å². The lowest BCUT2D eigenvalue weighted by molar-refractivity contribution is -0.385. The number of nitrogens with one attached hydrogen (secondary N) is 2. The molecule has 10 heteroatoms. The molecule has 1 heterocycles. The first-order chi connectivity index (χ1) is 13.9. The number of nitrogens with zero attached hydrogens (tertiary/aromatic N) is 3. The highest BCUT2D eigenvalue weighted by Crippen LogP contribution is 2.26. The van der Waals surface area contributed by atoms with Crippen molar-refractivity contribution in [1.29, 1.82) is 0 Å². The van der Waals surface area contributed by atoms with Gasteiger partial charge in [0.05, 0.1) is 17.3 Å². The number of hydrogen-bond donors (Lipinski definition) is 2. The molecule has 0 spiro atoms. The number of thioether (sulfide) groups is 1. The van der Waals surface area contributed by atoms with Gasteiger partial charge >= 0.3 is 0 Å². The van der Waals surface area contributed by atoms with Crippen molar-refractivity contribution >= 4 is 29.0 Å². The van der Waals surface area contributed by atoms with Crippen LogP contribution in [0.5, 0.6) is 5.75 Å². The zero-order valence-corrected chi connectivity index (χ0v) is 16.8. The topological polar surface area (TPSA) is 123 Å². The van der Waals surface area contributed by atoms with E-state index in [4.69, 9.17) is 4.74 Å². The predicted octanol–water partition coefficient (Wildman–Crippen LogP) is 3.82. The minimum atomic E-state index is -0.505. The van der Waals surface area contributed by atoms with Crippen LogP contribution in [0.25, 0.3) is 11.4 Å². The molecular weight excluding hydrogens is 394 g/mol. The van der Waals surface area contributed by atoms with Crippen LogP contribution in [0, 0.1) is 17.0 Å². The van der Waals surface area contributed by atoms with Crippen molar-refractivity contribution in [1.82, 2.24) is 15.2 Å². The summed E-state index contributed by atoms with van der Waals surface area (Å²) in [7, 11) is 1.60. The normalized spacial score (nSPS) is 11.7. The standard InChI is InChI=1S/C19H19N5O4S/c1-11-4-7-14(10-16(11)24(26)27)20-18(25)12(2)29-19-21-17(22-23-19)13-5-8-15(28-3)9-6-13/h4-10,12H,1-3H3,(H,20,25)(H,21,22,23). The molecule has 29 heavy (non-hydrogen) atoms. The van der Waals surface area contributed by atoms with E-state index in [9.17, 15) is 14.9 Å². The SMILES string of the molecule is COc1ccc(-c2nc(SC(C)C(=O)Nc3ccc(C)c([N+](=O)[O-])c3)n[nH]2)cc1. The van der Waals surface area contributed by atoms with Crippen molar-refractivity contribution in [2.45, 2.75) is 24.3 Å². The number of carbonyl (C=O) groups is 1. The second-order valence-corrected chi connectivity index (χ2v) is 7.51. The molecule has 1 amide bonds. The molecule has 2 N–H and O–H groups in total. The fourth-order valence-electron chi connectivity index (χ4n) is 2.52. The highest BCUT2D eigenvalue weighted by Gasteiger charge is 2.19. The smallest absolute Gasteiger partial charge is 0.274 e. The van der Waals surface area contributed by atoms with Crippen LogP contribution in [0.1, 0.15) is 12.5 Å². The third kappa shape index (κ3) is 4.91. The summed E-state index contributed by atoms with van der Waals surface area (Å²) in [5.41, 5.74) is 1.70. The van der Waals surface area contributed by atoms with Gasteiger partial charge < -0.3 is 10.1 Å². The minimum absolute atomic E-state index is 0.0405. The number of rotatable bonds is 7. The Morgan fingerprint density at radius 2 is 2.00 bits per heavy atom. The largest absolute Gasteiger partial charge is 0.497 e. The summed E-state index contributed by atoms with van der Waals surface area (Å²) in [4.78, 5) is 27.4. The Bertz CT molecular complexity index is 1040. The van der Waals surface area contributed by atoms with Crippen LogP contribution in [0.15, 0.2) is 47.6 Å². The number of benzene rings is 2. The zero-order chi connectivity index (χ0) is 21.0. The van der Waals surface area contributed by atoms with Gasteiger partial charge in [-0.25, -0.2) is 4.98 Å². The molecule has 3 rings (SSSR count). The van der Waals surface area contributed by atoms with E-state index >= 15 is 0 Å². The molecule has 3 aromatic rings. The highest BCUT2D eigenvalue weighted by atomic mass is 32.2. The Kier molecular flexibility index (Phi) is 6.13. The lowest BCUT2D eigenvalue weighted by Crippen LogP contribution is -2.22. The molecule has 0 bridgehead atoms. The molecule has 1 aromatic heterocycles. The number of aromatic amines is 1. The van der Waals surface area contributed by atoms with Gasteiger partial charge in [-0.05, 0) is 44.2 Å². The third-order valence-corrected chi connectivity index (χ3v) is 5.11. The summed E-state index contributed by atoms with van der Waals surface area (Å²) in [6.45, 7) is 3.36. The number of carbonyl (C=O) groups excluding carboxylic acids is 1. The van der Waals surface area contributed by atoms with Crippen LogP contribution < -0.4 is 10.1 Å². The Labute approximate surface area is 171 Å². The monoisotopic (exact) mass is 413 g/mol. The predicted molar refractivity (Wildman–Crippen MR) is 110 cm³/mol. The van der Waals surface area contributed by atoms with Gasteiger partial charge in [-0.1, -0.05) is 17.8 Å². The number of ether oxygens (including phenoxy) is 1. The Morgan fingerprint density at radius 1 is 1.28 bits per heavy atom. The summed E-state index contributed by atoms with van der Waals surface area (Å²) in [6.07, 6.45) is 0. The molecule has 9 nitrogen and oxygen atoms in total. The van der Waals surface area contributed by atoms with Crippen molar-refractivity contribution in [3.8, 4) is 17.1 Å². The maximum absolute atomic E-state index is 12.4. The van der Waals surface area contributed by atoms with E-state index in [1.807, 2.05) is 24.3 Å². The Hall–Kier alpha value is -3.40. The van der Waals surface area contributed by atoms with E-state index < -0.39 is 10.2 Å². The van der Waals surface area contributed by atoms with E-state index in [1.54, 1.807) is 33.1 Å². The molecule has 2 aromatic carbocycles. The van der Waals surface area contributed by atoms with Crippen molar-refractivity contribution in [3.63, 3.8) is 0 Å². The summed E-state index contributed by atoms with van der Waals surface area (Å²) in [5.74, 6) is 1.02. The van der Waals surface area contributed by atoms with Gasteiger partial charge in [0.2, 0.25) is 11.1 Å². The first kappa shape index (κ1) is 20.3. The minimum Gasteiger partial charge on any atom is -0.497 e. The fourth-order valence-corrected chi connectivity index (χ4v) is 3.24. The fraction of sp³-hybridized carbons (Fsp3) is 0.211. The summed E-state index contributed by atoms with van der Waals surface area (Å²) in [6, 6.07) is 11.9. The summed E-state index contributed by atoms with van der Waals surface area (Å²) >= 11 is 1.18. The number of aromatic nitrogens is 3. The average molecular weight is 413 g/mol. The molecule has 1 atom stereocenters. The third-order valence-electron chi connectivity index (χ3n) is 4.15. The number of nitro groups is 1. The first-order valence-electron chi connectivity index (χ1n) is 8.66. The molecule has 0 radical (unpaired) electrons. The molecule has 0 fully saturated rings. The van der Waals surface area contributed by atoms with Gasteiger partial charge in [-0.3, -0.25) is 20.0 Å². The van der Waals surface area contributed by atoms with Gasteiger partial charge in [-0.15, -0.1) is 5.10 Å². The van der Waals surface area contributed by atoms with E-state index in [-0.39, 0.29) is 11.6 Å². The van der Waals surface area contributed by atoms with Crippen LogP contribution in [0.4, 0.5) is 11.4 Å². The average Bonchev–Trinajstić information content (AvgIpc) is 3.17. The molecule has 0 saturated carbocycles. The second-order valence-electron chi connectivity index (χ2n) is 6.20. The maximum Gasteiger partial charge on any atom is 0.274 e. The molecule has 0 aliphatic heterocycles. The van der Waals surface area contributed by atoms with Gasteiger partial charge in [0.1, 0.15) is 5.75 Å². The second kappa shape index (κ2) is 8.74. The van der Waals surface area contributed by atoms with E-state index in [1.165, 1.54) is 17.8 Å². The van der Waals surface area contributed by atoms with Gasteiger partial charge in [-0.2, -0.15) is 0 Å². The van der Waals surface area contributed by atoms with Gasteiger partial charge in [0.25, 0.3) is 5.69 Å². The quantitative estimate of drug-likeness (QED) is 0.343. The van der Waals surface area contributed by atoms with Crippen molar-refractivity contribution in [2.24, 2.45) is 0 Å². The number of methoxy groups -OCH3 is 1.